The molecule has 4 heteroatoms. The monoisotopic (exact) mass is 337 g/mol. The second-order valence-corrected chi connectivity index (χ2v) is 7.02. The summed E-state index contributed by atoms with van der Waals surface area (Å²) in [6, 6.07) is 10.4. The van der Waals surface area contributed by atoms with Gasteiger partial charge in [-0.1, -0.05) is 24.3 Å². The van der Waals surface area contributed by atoms with Crippen LogP contribution in [-0.2, 0) is 6.42 Å². The van der Waals surface area contributed by atoms with E-state index in [9.17, 15) is 5.11 Å². The van der Waals surface area contributed by atoms with Crippen molar-refractivity contribution in [3.63, 3.8) is 0 Å². The highest BCUT2D eigenvalue weighted by Crippen LogP contribution is 2.38. The summed E-state index contributed by atoms with van der Waals surface area (Å²) in [7, 11) is 0. The minimum atomic E-state index is -0.489. The molecule has 0 radical (unpaired) electrons. The number of hydrogen-bond acceptors (Lipinski definition) is 3. The molecule has 0 saturated heterocycles. The molecule has 2 atom stereocenters. The Labute approximate surface area is 125 Å². The Hall–Kier alpha value is -0.680. The lowest BCUT2D eigenvalue weighted by atomic mass is 9.91. The standard InChI is InChI=1S/C15H16BrNOS/c1-9-12(16)8-13(19-9)15(18)14-11-5-3-2-4-10(11)6-7-17-14/h2-5,8,14-15,17-18H,6-7H2,1H3. The van der Waals surface area contributed by atoms with Crippen LogP contribution >= 0.6 is 27.3 Å². The highest BCUT2D eigenvalue weighted by Gasteiger charge is 2.28. The van der Waals surface area contributed by atoms with Crippen LogP contribution < -0.4 is 5.32 Å². The van der Waals surface area contributed by atoms with Crippen LogP contribution in [0.5, 0.6) is 0 Å². The van der Waals surface area contributed by atoms with E-state index in [0.29, 0.717) is 0 Å². The van der Waals surface area contributed by atoms with E-state index in [1.807, 2.05) is 12.1 Å². The van der Waals surface area contributed by atoms with Crippen molar-refractivity contribution in [1.29, 1.82) is 0 Å². The first kappa shape index (κ1) is 13.3. The van der Waals surface area contributed by atoms with Gasteiger partial charge in [-0.3, -0.25) is 0 Å². The molecule has 2 nitrogen and oxygen atoms in total. The molecule has 2 heterocycles. The van der Waals surface area contributed by atoms with Crippen LogP contribution in [0.15, 0.2) is 34.8 Å². The Balaban J connectivity index is 1.95. The maximum absolute atomic E-state index is 10.7. The SMILES string of the molecule is Cc1sc(C(O)C2NCCc3ccccc32)cc1Br. The Bertz CT molecular complexity index is 576. The van der Waals surface area contributed by atoms with Gasteiger partial charge in [0.1, 0.15) is 6.10 Å². The summed E-state index contributed by atoms with van der Waals surface area (Å²) < 4.78 is 1.08. The van der Waals surface area contributed by atoms with Crippen LogP contribution in [-0.4, -0.2) is 11.7 Å². The first-order valence-corrected chi connectivity index (χ1v) is 8.03. The Morgan fingerprint density at radius 3 is 2.95 bits per heavy atom. The predicted octanol–water partition coefficient (Wildman–Crippen LogP) is 3.74. The van der Waals surface area contributed by atoms with Gasteiger partial charge in [0.25, 0.3) is 0 Å². The van der Waals surface area contributed by atoms with Crippen molar-refractivity contribution in [2.24, 2.45) is 0 Å². The molecule has 0 spiro atoms. The van der Waals surface area contributed by atoms with Gasteiger partial charge in [0.05, 0.1) is 6.04 Å². The maximum atomic E-state index is 10.7. The van der Waals surface area contributed by atoms with Gasteiger partial charge in [-0.2, -0.15) is 0 Å². The van der Waals surface area contributed by atoms with E-state index in [2.05, 4.69) is 46.4 Å². The summed E-state index contributed by atoms with van der Waals surface area (Å²) >= 11 is 5.17. The number of nitrogens with one attached hydrogen (secondary N) is 1. The molecule has 19 heavy (non-hydrogen) atoms. The molecule has 0 saturated carbocycles. The number of aliphatic hydroxyl groups is 1. The van der Waals surface area contributed by atoms with E-state index in [1.165, 1.54) is 16.0 Å². The highest BCUT2D eigenvalue weighted by molar-refractivity contribution is 9.10. The minimum absolute atomic E-state index is 0.00472. The van der Waals surface area contributed by atoms with Crippen molar-refractivity contribution < 1.29 is 5.11 Å². The lowest BCUT2D eigenvalue weighted by molar-refractivity contribution is 0.129. The molecule has 2 unspecified atom stereocenters. The smallest absolute Gasteiger partial charge is 0.108 e. The lowest BCUT2D eigenvalue weighted by Gasteiger charge is -2.30. The molecule has 0 fully saturated rings. The zero-order valence-electron chi connectivity index (χ0n) is 10.7. The zero-order chi connectivity index (χ0) is 13.4. The highest BCUT2D eigenvalue weighted by atomic mass is 79.9. The van der Waals surface area contributed by atoms with Crippen molar-refractivity contribution in [2.75, 3.05) is 6.54 Å². The largest absolute Gasteiger partial charge is 0.386 e. The van der Waals surface area contributed by atoms with E-state index in [0.717, 1.165) is 22.3 Å². The average molecular weight is 338 g/mol. The fourth-order valence-electron chi connectivity index (χ4n) is 2.61. The number of benzene rings is 1. The summed E-state index contributed by atoms with van der Waals surface area (Å²) in [5.74, 6) is 0. The van der Waals surface area contributed by atoms with Crippen molar-refractivity contribution in [1.82, 2.24) is 5.32 Å². The molecule has 0 bridgehead atoms. The number of hydrogen-bond donors (Lipinski definition) is 2. The molecule has 2 aromatic rings. The fraction of sp³-hybridized carbons (Fsp3) is 0.333. The summed E-state index contributed by atoms with van der Waals surface area (Å²) in [5.41, 5.74) is 2.57. The van der Waals surface area contributed by atoms with Gasteiger partial charge in [-0.05, 0) is 53.0 Å². The normalized spacial score (nSPS) is 20.1. The minimum Gasteiger partial charge on any atom is -0.386 e. The Morgan fingerprint density at radius 2 is 2.21 bits per heavy atom. The second-order valence-electron chi connectivity index (χ2n) is 4.88. The number of aryl methyl sites for hydroxylation is 1. The molecule has 1 aliphatic rings. The predicted molar refractivity (Wildman–Crippen MR) is 82.6 cm³/mol. The number of thiophene rings is 1. The van der Waals surface area contributed by atoms with E-state index < -0.39 is 6.10 Å². The zero-order valence-corrected chi connectivity index (χ0v) is 13.1. The molecule has 3 rings (SSSR count). The summed E-state index contributed by atoms with van der Waals surface area (Å²) in [6.07, 6.45) is 0.545. The summed E-state index contributed by atoms with van der Waals surface area (Å²) in [4.78, 5) is 2.22. The van der Waals surface area contributed by atoms with Crippen molar-refractivity contribution in [3.05, 3.63) is 55.7 Å². The molecule has 100 valence electrons. The van der Waals surface area contributed by atoms with Gasteiger partial charge in [-0.25, -0.2) is 0 Å². The van der Waals surface area contributed by atoms with E-state index in [1.54, 1.807) is 11.3 Å². The quantitative estimate of drug-likeness (QED) is 0.874. The number of fused-ring (bicyclic) bond motifs is 1. The third-order valence-corrected chi connectivity index (χ3v) is 5.84. The Kier molecular flexibility index (Phi) is 3.76. The number of aliphatic hydroxyl groups excluding tert-OH is 1. The first-order valence-electron chi connectivity index (χ1n) is 6.42. The first-order chi connectivity index (χ1) is 9.16. The van der Waals surface area contributed by atoms with Crippen LogP contribution in [0, 0.1) is 6.92 Å². The van der Waals surface area contributed by atoms with Crippen LogP contribution in [0.4, 0.5) is 0 Å². The van der Waals surface area contributed by atoms with Gasteiger partial charge in [0.2, 0.25) is 0 Å². The van der Waals surface area contributed by atoms with Crippen LogP contribution in [0.1, 0.15) is 33.0 Å². The second kappa shape index (κ2) is 5.37. The molecule has 2 N–H and O–H groups in total. The van der Waals surface area contributed by atoms with Gasteiger partial charge in [-0.15, -0.1) is 11.3 Å². The van der Waals surface area contributed by atoms with Gasteiger partial charge >= 0.3 is 0 Å². The van der Waals surface area contributed by atoms with Crippen molar-refractivity contribution in [3.8, 4) is 0 Å². The van der Waals surface area contributed by atoms with Gasteiger partial charge in [0.15, 0.2) is 0 Å². The van der Waals surface area contributed by atoms with Crippen LogP contribution in [0.25, 0.3) is 0 Å². The molecular weight excluding hydrogens is 322 g/mol. The average Bonchev–Trinajstić information content (AvgIpc) is 2.77. The maximum Gasteiger partial charge on any atom is 0.108 e. The van der Waals surface area contributed by atoms with Crippen LogP contribution in [0.3, 0.4) is 0 Å². The molecule has 0 amide bonds. The molecule has 1 aromatic heterocycles. The third kappa shape index (κ3) is 2.50. The van der Waals surface area contributed by atoms with E-state index >= 15 is 0 Å². The van der Waals surface area contributed by atoms with E-state index in [4.69, 9.17) is 0 Å². The molecular formula is C15H16BrNOS. The summed E-state index contributed by atoms with van der Waals surface area (Å²) in [5, 5.41) is 14.1. The van der Waals surface area contributed by atoms with Crippen molar-refractivity contribution >= 4 is 27.3 Å². The fourth-order valence-corrected chi connectivity index (χ4v) is 4.20. The van der Waals surface area contributed by atoms with Gasteiger partial charge < -0.3 is 10.4 Å². The Morgan fingerprint density at radius 1 is 1.42 bits per heavy atom. The van der Waals surface area contributed by atoms with Crippen molar-refractivity contribution in [2.45, 2.75) is 25.5 Å². The number of rotatable bonds is 2. The summed E-state index contributed by atoms with van der Waals surface area (Å²) in [6.45, 7) is 2.98. The van der Waals surface area contributed by atoms with Gasteiger partial charge in [0, 0.05) is 14.2 Å². The lowest BCUT2D eigenvalue weighted by Crippen LogP contribution is -2.33. The van der Waals surface area contributed by atoms with E-state index in [-0.39, 0.29) is 6.04 Å². The third-order valence-electron chi connectivity index (χ3n) is 3.63. The molecule has 1 aromatic carbocycles. The number of halogens is 1. The molecule has 0 aliphatic carbocycles. The molecule has 1 aliphatic heterocycles. The van der Waals surface area contributed by atoms with Crippen LogP contribution in [0.2, 0.25) is 0 Å². The topological polar surface area (TPSA) is 32.3 Å².